The van der Waals surface area contributed by atoms with Crippen molar-refractivity contribution in [1.82, 2.24) is 19.5 Å². The van der Waals surface area contributed by atoms with Crippen LogP contribution in [0.3, 0.4) is 0 Å². The molecule has 12 heteroatoms. The maximum absolute atomic E-state index is 10.1. The molecule has 0 bridgehead atoms. The average Bonchev–Trinajstić information content (AvgIpc) is 3.22. The van der Waals surface area contributed by atoms with Crippen LogP contribution in [0.4, 0.5) is 5.95 Å². The van der Waals surface area contributed by atoms with E-state index in [9.17, 15) is 15.3 Å². The van der Waals surface area contributed by atoms with E-state index < -0.39 is 24.7 Å². The summed E-state index contributed by atoms with van der Waals surface area (Å²) in [6.07, 6.45) is -4.14. The van der Waals surface area contributed by atoms with E-state index in [2.05, 4.69) is 19.8 Å². The van der Waals surface area contributed by atoms with E-state index in [4.69, 9.17) is 21.1 Å². The van der Waals surface area contributed by atoms with Crippen LogP contribution in [0.1, 0.15) is 11.8 Å². The fourth-order valence-electron chi connectivity index (χ4n) is 2.88. The van der Waals surface area contributed by atoms with Crippen molar-refractivity contribution in [3.8, 4) is 11.6 Å². The van der Waals surface area contributed by atoms with Gasteiger partial charge in [-0.1, -0.05) is 12.1 Å². The first-order valence-corrected chi connectivity index (χ1v) is 8.26. The van der Waals surface area contributed by atoms with Gasteiger partial charge in [-0.15, -0.1) is 0 Å². The fourth-order valence-corrected chi connectivity index (χ4v) is 2.88. The van der Waals surface area contributed by atoms with Gasteiger partial charge in [-0.25, -0.2) is 4.98 Å². The van der Waals surface area contributed by atoms with Gasteiger partial charge in [0.15, 0.2) is 23.7 Å². The lowest BCUT2D eigenvalue weighted by Crippen LogP contribution is -2.31. The molecule has 1 aromatic carbocycles. The molecule has 0 saturated carbocycles. The lowest BCUT2D eigenvalue weighted by atomic mass is 10.2. The molecule has 28 heavy (non-hydrogen) atoms. The predicted octanol–water partition coefficient (Wildman–Crippen LogP) is -1.19. The second-order valence-electron chi connectivity index (χ2n) is 6.16. The standard InChI is InChI=1S/C16H18N6O6/c17-16-20-12-9(19-6-22(12)14-10(23)11(24)15(25)27-14)13(21-16)26-5-7-1-3-8(28-18)4-2-7/h1-4,6,10-11,14-15,23-25H,5,18H2,(H2,17,20,21)/t10-,11?,14+,15-/m0/s1. The molecule has 3 heterocycles. The number of aromatic nitrogens is 4. The number of rotatable bonds is 5. The van der Waals surface area contributed by atoms with Crippen LogP contribution in [0.15, 0.2) is 30.6 Å². The molecule has 2 aromatic heterocycles. The number of nitrogen functional groups attached to an aromatic ring is 1. The van der Waals surface area contributed by atoms with Crippen molar-refractivity contribution < 1.29 is 29.6 Å². The first-order chi connectivity index (χ1) is 13.5. The Kier molecular flexibility index (Phi) is 4.70. The number of nitrogens with zero attached hydrogens (tertiary/aromatic N) is 4. The molecule has 148 valence electrons. The van der Waals surface area contributed by atoms with Crippen molar-refractivity contribution >= 4 is 17.1 Å². The Labute approximate surface area is 157 Å². The number of aliphatic hydroxyl groups excluding tert-OH is 3. The van der Waals surface area contributed by atoms with Gasteiger partial charge in [0.2, 0.25) is 11.8 Å². The van der Waals surface area contributed by atoms with Crippen molar-refractivity contribution in [1.29, 1.82) is 0 Å². The highest BCUT2D eigenvalue weighted by molar-refractivity contribution is 5.77. The Morgan fingerprint density at radius 1 is 1.11 bits per heavy atom. The van der Waals surface area contributed by atoms with Crippen LogP contribution in [0.5, 0.6) is 11.6 Å². The van der Waals surface area contributed by atoms with E-state index in [0.717, 1.165) is 5.56 Å². The Balaban J connectivity index is 1.62. The van der Waals surface area contributed by atoms with Crippen molar-refractivity contribution in [2.75, 3.05) is 5.73 Å². The lowest BCUT2D eigenvalue weighted by molar-refractivity contribution is -0.141. The van der Waals surface area contributed by atoms with Crippen LogP contribution in [0, 0.1) is 0 Å². The summed E-state index contributed by atoms with van der Waals surface area (Å²) in [5.41, 5.74) is 7.10. The molecule has 12 nitrogen and oxygen atoms in total. The molecule has 1 fully saturated rings. The number of hydrogen-bond donors (Lipinski definition) is 5. The number of benzene rings is 1. The summed E-state index contributed by atoms with van der Waals surface area (Å²) in [7, 11) is 0. The van der Waals surface area contributed by atoms with Crippen LogP contribution < -0.4 is 21.2 Å². The van der Waals surface area contributed by atoms with Crippen LogP contribution >= 0.6 is 0 Å². The number of ether oxygens (including phenoxy) is 2. The molecule has 4 rings (SSSR count). The second-order valence-corrected chi connectivity index (χ2v) is 6.16. The molecule has 1 aliphatic rings. The van der Waals surface area contributed by atoms with E-state index in [1.807, 2.05) is 0 Å². The third-order valence-electron chi connectivity index (χ3n) is 4.33. The van der Waals surface area contributed by atoms with E-state index in [-0.39, 0.29) is 29.6 Å². The number of imidazole rings is 1. The molecule has 1 unspecified atom stereocenters. The molecule has 3 aromatic rings. The minimum Gasteiger partial charge on any atom is -0.471 e. The smallest absolute Gasteiger partial charge is 0.247 e. The quantitative estimate of drug-likeness (QED) is 0.330. The van der Waals surface area contributed by atoms with Crippen molar-refractivity contribution in [2.24, 2.45) is 5.90 Å². The zero-order valence-corrected chi connectivity index (χ0v) is 14.4. The Morgan fingerprint density at radius 2 is 1.86 bits per heavy atom. The van der Waals surface area contributed by atoms with E-state index >= 15 is 0 Å². The monoisotopic (exact) mass is 390 g/mol. The lowest BCUT2D eigenvalue weighted by Gasteiger charge is -2.16. The number of nitrogens with two attached hydrogens (primary N) is 2. The highest BCUT2D eigenvalue weighted by atomic mass is 16.7. The summed E-state index contributed by atoms with van der Waals surface area (Å²) in [6.45, 7) is 0.170. The number of aliphatic hydroxyl groups is 3. The van der Waals surface area contributed by atoms with Gasteiger partial charge in [0.05, 0.1) is 6.33 Å². The van der Waals surface area contributed by atoms with Gasteiger partial charge >= 0.3 is 0 Å². The summed E-state index contributed by atoms with van der Waals surface area (Å²) in [5.74, 6) is 5.66. The van der Waals surface area contributed by atoms with Gasteiger partial charge < -0.3 is 35.4 Å². The topological polar surface area (TPSA) is 184 Å². The SMILES string of the molecule is NOc1ccc(COc2nc(N)nc3c2ncn3[C@@H]2O[C@H](O)C(O)[C@@H]2O)cc1. The van der Waals surface area contributed by atoms with Crippen molar-refractivity contribution in [3.63, 3.8) is 0 Å². The van der Waals surface area contributed by atoms with Crippen LogP contribution in [0.2, 0.25) is 0 Å². The maximum atomic E-state index is 10.1. The molecule has 0 radical (unpaired) electrons. The molecule has 0 spiro atoms. The van der Waals surface area contributed by atoms with E-state index in [1.165, 1.54) is 10.9 Å². The highest BCUT2D eigenvalue weighted by Gasteiger charge is 2.43. The summed E-state index contributed by atoms with van der Waals surface area (Å²) < 4.78 is 12.3. The minimum absolute atomic E-state index is 0.0790. The van der Waals surface area contributed by atoms with Crippen molar-refractivity contribution in [2.45, 2.75) is 31.3 Å². The van der Waals surface area contributed by atoms with E-state index in [0.29, 0.717) is 5.75 Å². The number of anilines is 1. The van der Waals surface area contributed by atoms with Gasteiger partial charge in [-0.2, -0.15) is 15.9 Å². The number of fused-ring (bicyclic) bond motifs is 1. The zero-order valence-electron chi connectivity index (χ0n) is 14.4. The molecule has 1 aliphatic heterocycles. The average molecular weight is 390 g/mol. The van der Waals surface area contributed by atoms with Gasteiger partial charge in [0, 0.05) is 0 Å². The molecular weight excluding hydrogens is 372 g/mol. The summed E-state index contributed by atoms with van der Waals surface area (Å²) >= 11 is 0. The molecular formula is C16H18N6O6. The normalized spacial score (nSPS) is 24.6. The Morgan fingerprint density at radius 3 is 2.50 bits per heavy atom. The molecule has 0 aliphatic carbocycles. The van der Waals surface area contributed by atoms with Crippen LogP contribution in [0.25, 0.3) is 11.2 Å². The second kappa shape index (κ2) is 7.18. The Bertz CT molecular complexity index is 980. The van der Waals surface area contributed by atoms with Gasteiger partial charge in [-0.05, 0) is 17.7 Å². The first kappa shape index (κ1) is 18.3. The molecule has 0 amide bonds. The van der Waals surface area contributed by atoms with Gasteiger partial charge in [-0.3, -0.25) is 4.57 Å². The first-order valence-electron chi connectivity index (χ1n) is 8.26. The number of hydrogen-bond acceptors (Lipinski definition) is 11. The summed E-state index contributed by atoms with van der Waals surface area (Å²) in [4.78, 5) is 17.0. The molecule has 4 atom stereocenters. The third-order valence-corrected chi connectivity index (χ3v) is 4.33. The molecule has 1 saturated heterocycles. The minimum atomic E-state index is -1.53. The Hall–Kier alpha value is -3.03. The fraction of sp³-hybridized carbons (Fsp3) is 0.312. The van der Waals surface area contributed by atoms with Crippen LogP contribution in [-0.4, -0.2) is 53.3 Å². The molecule has 7 N–H and O–H groups in total. The van der Waals surface area contributed by atoms with Crippen LogP contribution in [-0.2, 0) is 11.3 Å². The van der Waals surface area contributed by atoms with Crippen molar-refractivity contribution in [3.05, 3.63) is 36.2 Å². The predicted molar refractivity (Wildman–Crippen MR) is 93.5 cm³/mol. The largest absolute Gasteiger partial charge is 0.471 e. The third kappa shape index (κ3) is 3.19. The summed E-state index contributed by atoms with van der Waals surface area (Å²) in [6, 6.07) is 6.92. The highest BCUT2D eigenvalue weighted by Crippen LogP contribution is 2.32. The maximum Gasteiger partial charge on any atom is 0.247 e. The van der Waals surface area contributed by atoms with E-state index in [1.54, 1.807) is 24.3 Å². The van der Waals surface area contributed by atoms with Gasteiger partial charge in [0.1, 0.15) is 24.6 Å². The summed E-state index contributed by atoms with van der Waals surface area (Å²) in [5, 5.41) is 29.4. The zero-order chi connectivity index (χ0) is 19.8. The van der Waals surface area contributed by atoms with Gasteiger partial charge in [0.25, 0.3) is 0 Å².